The average molecular weight is 177 g/mol. The lowest BCUT2D eigenvalue weighted by molar-refractivity contribution is 0.640. The van der Waals surface area contributed by atoms with Gasteiger partial charge in [-0.1, -0.05) is 6.92 Å². The quantitative estimate of drug-likeness (QED) is 0.690. The molecule has 0 radical (unpaired) electrons. The van der Waals surface area contributed by atoms with E-state index in [2.05, 4.69) is 21.8 Å². The van der Waals surface area contributed by atoms with Crippen LogP contribution in [0.4, 0.5) is 5.82 Å². The van der Waals surface area contributed by atoms with Crippen LogP contribution < -0.4 is 4.90 Å². The lowest BCUT2D eigenvalue weighted by atomic mass is 10.2. The first-order valence-corrected chi connectivity index (χ1v) is 4.94. The molecule has 0 amide bonds. The summed E-state index contributed by atoms with van der Waals surface area (Å²) in [7, 11) is 0. The molecule has 0 spiro atoms. The van der Waals surface area contributed by atoms with E-state index in [9.17, 15) is 0 Å². The minimum Gasteiger partial charge on any atom is -0.354 e. The van der Waals surface area contributed by atoms with Gasteiger partial charge < -0.3 is 4.90 Å². The summed E-state index contributed by atoms with van der Waals surface area (Å²) in [6, 6.07) is 2.68. The fraction of sp³-hybridized carbons (Fsp3) is 0.600. The summed E-state index contributed by atoms with van der Waals surface area (Å²) >= 11 is 0. The van der Waals surface area contributed by atoms with E-state index in [1.807, 2.05) is 12.3 Å². The van der Waals surface area contributed by atoms with Gasteiger partial charge in [0.1, 0.15) is 12.1 Å². The molecule has 0 N–H and O–H groups in total. The summed E-state index contributed by atoms with van der Waals surface area (Å²) in [5.41, 5.74) is 0. The van der Waals surface area contributed by atoms with Crippen molar-refractivity contribution in [1.29, 1.82) is 0 Å². The molecule has 0 saturated carbocycles. The monoisotopic (exact) mass is 177 g/mol. The van der Waals surface area contributed by atoms with Gasteiger partial charge in [-0.25, -0.2) is 9.97 Å². The molecule has 13 heavy (non-hydrogen) atoms. The second kappa shape index (κ2) is 3.73. The molecule has 1 unspecified atom stereocenters. The molecule has 70 valence electrons. The standard InChI is InChI=1S/C10H15N3/c1-2-9-4-3-7-13(9)10-5-6-11-8-12-10/h5-6,8-9H,2-4,7H2,1H3. The van der Waals surface area contributed by atoms with Crippen molar-refractivity contribution in [2.24, 2.45) is 0 Å². The predicted octanol–water partition coefficient (Wildman–Crippen LogP) is 1.86. The van der Waals surface area contributed by atoms with E-state index in [-0.39, 0.29) is 0 Å². The largest absolute Gasteiger partial charge is 0.354 e. The first kappa shape index (κ1) is 8.48. The van der Waals surface area contributed by atoms with Gasteiger partial charge in [0.15, 0.2) is 0 Å². The summed E-state index contributed by atoms with van der Waals surface area (Å²) in [6.45, 7) is 3.39. The highest BCUT2D eigenvalue weighted by Crippen LogP contribution is 2.24. The molecular weight excluding hydrogens is 162 g/mol. The summed E-state index contributed by atoms with van der Waals surface area (Å²) < 4.78 is 0. The Morgan fingerprint density at radius 3 is 3.23 bits per heavy atom. The Labute approximate surface area is 78.8 Å². The van der Waals surface area contributed by atoms with Gasteiger partial charge in [-0.2, -0.15) is 0 Å². The van der Waals surface area contributed by atoms with E-state index in [0.29, 0.717) is 6.04 Å². The Hall–Kier alpha value is -1.12. The summed E-state index contributed by atoms with van der Waals surface area (Å²) in [5.74, 6) is 1.08. The van der Waals surface area contributed by atoms with E-state index in [4.69, 9.17) is 0 Å². The number of hydrogen-bond acceptors (Lipinski definition) is 3. The number of aromatic nitrogens is 2. The smallest absolute Gasteiger partial charge is 0.132 e. The second-order valence-corrected chi connectivity index (χ2v) is 3.47. The van der Waals surface area contributed by atoms with Crippen LogP contribution >= 0.6 is 0 Å². The molecule has 1 atom stereocenters. The molecule has 1 aliphatic heterocycles. The topological polar surface area (TPSA) is 29.0 Å². The highest BCUT2D eigenvalue weighted by atomic mass is 15.2. The van der Waals surface area contributed by atoms with Crippen LogP contribution in [-0.4, -0.2) is 22.6 Å². The van der Waals surface area contributed by atoms with E-state index in [1.54, 1.807) is 6.33 Å². The predicted molar refractivity (Wildman–Crippen MR) is 52.7 cm³/mol. The Bertz CT molecular complexity index is 260. The number of rotatable bonds is 2. The zero-order chi connectivity index (χ0) is 9.10. The molecule has 0 aromatic carbocycles. The fourth-order valence-corrected chi connectivity index (χ4v) is 2.02. The van der Waals surface area contributed by atoms with Gasteiger partial charge in [0.2, 0.25) is 0 Å². The molecule has 1 saturated heterocycles. The van der Waals surface area contributed by atoms with Crippen molar-refractivity contribution in [2.75, 3.05) is 11.4 Å². The van der Waals surface area contributed by atoms with Gasteiger partial charge in [0.05, 0.1) is 0 Å². The molecule has 2 rings (SSSR count). The van der Waals surface area contributed by atoms with Crippen molar-refractivity contribution >= 4 is 5.82 Å². The molecule has 1 fully saturated rings. The first-order chi connectivity index (χ1) is 6.42. The Morgan fingerprint density at radius 2 is 2.54 bits per heavy atom. The van der Waals surface area contributed by atoms with Crippen molar-refractivity contribution in [3.05, 3.63) is 18.6 Å². The minimum absolute atomic E-state index is 0.690. The zero-order valence-electron chi connectivity index (χ0n) is 7.98. The maximum atomic E-state index is 4.27. The van der Waals surface area contributed by atoms with Crippen molar-refractivity contribution in [3.8, 4) is 0 Å². The summed E-state index contributed by atoms with van der Waals surface area (Å²) in [6.07, 6.45) is 7.25. The zero-order valence-corrected chi connectivity index (χ0v) is 7.98. The third-order valence-electron chi connectivity index (χ3n) is 2.71. The van der Waals surface area contributed by atoms with Crippen LogP contribution in [0, 0.1) is 0 Å². The van der Waals surface area contributed by atoms with E-state index in [1.165, 1.54) is 19.3 Å². The van der Waals surface area contributed by atoms with Crippen LogP contribution in [0.5, 0.6) is 0 Å². The van der Waals surface area contributed by atoms with Crippen LogP contribution in [0.1, 0.15) is 26.2 Å². The van der Waals surface area contributed by atoms with Crippen molar-refractivity contribution < 1.29 is 0 Å². The SMILES string of the molecule is CCC1CCCN1c1ccncn1. The summed E-state index contributed by atoms with van der Waals surface area (Å²) in [5, 5.41) is 0. The summed E-state index contributed by atoms with van der Waals surface area (Å²) in [4.78, 5) is 10.6. The van der Waals surface area contributed by atoms with Crippen LogP contribution in [0.3, 0.4) is 0 Å². The number of nitrogens with zero attached hydrogens (tertiary/aromatic N) is 3. The molecule has 0 bridgehead atoms. The molecule has 1 aromatic heterocycles. The Balaban J connectivity index is 2.16. The molecule has 1 aromatic rings. The third kappa shape index (κ3) is 1.64. The van der Waals surface area contributed by atoms with E-state index in [0.717, 1.165) is 12.4 Å². The first-order valence-electron chi connectivity index (χ1n) is 4.94. The molecule has 3 nitrogen and oxygen atoms in total. The van der Waals surface area contributed by atoms with E-state index >= 15 is 0 Å². The molecular formula is C10H15N3. The van der Waals surface area contributed by atoms with Crippen LogP contribution in [0.25, 0.3) is 0 Å². The van der Waals surface area contributed by atoms with Gasteiger partial charge in [-0.15, -0.1) is 0 Å². The normalized spacial score (nSPS) is 22.2. The minimum atomic E-state index is 0.690. The second-order valence-electron chi connectivity index (χ2n) is 3.47. The van der Waals surface area contributed by atoms with Crippen molar-refractivity contribution in [1.82, 2.24) is 9.97 Å². The van der Waals surface area contributed by atoms with Gasteiger partial charge >= 0.3 is 0 Å². The van der Waals surface area contributed by atoms with E-state index < -0.39 is 0 Å². The Kier molecular flexibility index (Phi) is 2.43. The third-order valence-corrected chi connectivity index (χ3v) is 2.71. The van der Waals surface area contributed by atoms with Crippen molar-refractivity contribution in [3.63, 3.8) is 0 Å². The van der Waals surface area contributed by atoms with Crippen LogP contribution in [-0.2, 0) is 0 Å². The molecule has 2 heterocycles. The maximum Gasteiger partial charge on any atom is 0.132 e. The molecule has 3 heteroatoms. The Morgan fingerprint density at radius 1 is 1.62 bits per heavy atom. The van der Waals surface area contributed by atoms with Crippen LogP contribution in [0.2, 0.25) is 0 Å². The number of hydrogen-bond donors (Lipinski definition) is 0. The van der Waals surface area contributed by atoms with Gasteiger partial charge in [0.25, 0.3) is 0 Å². The molecule has 0 aliphatic carbocycles. The highest BCUT2D eigenvalue weighted by molar-refractivity contribution is 5.39. The maximum absolute atomic E-state index is 4.27. The van der Waals surface area contributed by atoms with Gasteiger partial charge in [-0.3, -0.25) is 0 Å². The van der Waals surface area contributed by atoms with Gasteiger partial charge in [-0.05, 0) is 25.3 Å². The lowest BCUT2D eigenvalue weighted by Crippen LogP contribution is -2.29. The van der Waals surface area contributed by atoms with Crippen LogP contribution in [0.15, 0.2) is 18.6 Å². The fourth-order valence-electron chi connectivity index (χ4n) is 2.02. The van der Waals surface area contributed by atoms with Gasteiger partial charge in [0, 0.05) is 18.8 Å². The highest BCUT2D eigenvalue weighted by Gasteiger charge is 2.23. The number of anilines is 1. The van der Waals surface area contributed by atoms with Crippen molar-refractivity contribution in [2.45, 2.75) is 32.2 Å². The average Bonchev–Trinajstić information content (AvgIpc) is 2.67. The lowest BCUT2D eigenvalue weighted by Gasteiger charge is -2.24. The molecule has 1 aliphatic rings.